The lowest BCUT2D eigenvalue weighted by atomic mass is 10.1. The SMILES string of the molecule is Nc1ccccc1NC(=O)CCCCCCc1nc(-c2ccccc2)no1. The largest absolute Gasteiger partial charge is 0.397 e. The first kappa shape index (κ1) is 18.6. The molecule has 0 saturated heterocycles. The highest BCUT2D eigenvalue weighted by Gasteiger charge is 2.08. The summed E-state index contributed by atoms with van der Waals surface area (Å²) in [5.41, 5.74) is 8.04. The number of carbonyl (C=O) groups excluding carboxylic acids is 1. The molecule has 0 aliphatic heterocycles. The first-order chi connectivity index (χ1) is 13.2. The second kappa shape index (κ2) is 9.52. The Balaban J connectivity index is 1.31. The lowest BCUT2D eigenvalue weighted by Gasteiger charge is -2.07. The van der Waals surface area contributed by atoms with E-state index in [4.69, 9.17) is 10.3 Å². The Hall–Kier alpha value is -3.15. The number of nitrogens with zero attached hydrogens (tertiary/aromatic N) is 2. The number of rotatable bonds is 9. The van der Waals surface area contributed by atoms with Gasteiger partial charge in [-0.3, -0.25) is 4.79 Å². The second-order valence-corrected chi connectivity index (χ2v) is 6.43. The minimum Gasteiger partial charge on any atom is -0.397 e. The van der Waals surface area contributed by atoms with Crippen LogP contribution in [0.4, 0.5) is 11.4 Å². The van der Waals surface area contributed by atoms with Gasteiger partial charge in [0.15, 0.2) is 0 Å². The minimum absolute atomic E-state index is 0.00250. The average Bonchev–Trinajstić information content (AvgIpc) is 3.16. The van der Waals surface area contributed by atoms with Gasteiger partial charge < -0.3 is 15.6 Å². The fraction of sp³-hybridized carbons (Fsp3) is 0.286. The van der Waals surface area contributed by atoms with Crippen LogP contribution in [0.5, 0.6) is 0 Å². The number of benzene rings is 2. The molecule has 0 spiro atoms. The third-order valence-corrected chi connectivity index (χ3v) is 4.28. The highest BCUT2D eigenvalue weighted by atomic mass is 16.5. The minimum atomic E-state index is -0.00250. The molecule has 0 fully saturated rings. The van der Waals surface area contributed by atoms with Gasteiger partial charge in [0.1, 0.15) is 0 Å². The number of hydrogen-bond acceptors (Lipinski definition) is 5. The topological polar surface area (TPSA) is 94.0 Å². The first-order valence-electron chi connectivity index (χ1n) is 9.25. The number of nitrogens with two attached hydrogens (primary N) is 1. The molecule has 1 heterocycles. The summed E-state index contributed by atoms with van der Waals surface area (Å²) in [6.07, 6.45) is 5.06. The van der Waals surface area contributed by atoms with Crippen LogP contribution >= 0.6 is 0 Å². The van der Waals surface area contributed by atoms with Crippen molar-refractivity contribution in [2.45, 2.75) is 38.5 Å². The summed E-state index contributed by atoms with van der Waals surface area (Å²) in [5, 5.41) is 6.87. The number of hydrogen-bond donors (Lipinski definition) is 2. The average molecular weight is 364 g/mol. The molecule has 3 aromatic rings. The number of anilines is 2. The number of unbranched alkanes of at least 4 members (excludes halogenated alkanes) is 3. The molecule has 27 heavy (non-hydrogen) atoms. The summed E-state index contributed by atoms with van der Waals surface area (Å²) in [6, 6.07) is 17.1. The van der Waals surface area contributed by atoms with Crippen LogP contribution in [0, 0.1) is 0 Å². The van der Waals surface area contributed by atoms with E-state index in [1.165, 1.54) is 0 Å². The number of aryl methyl sites for hydroxylation is 1. The van der Waals surface area contributed by atoms with Gasteiger partial charge in [-0.25, -0.2) is 0 Å². The first-order valence-corrected chi connectivity index (χ1v) is 9.25. The van der Waals surface area contributed by atoms with Crippen molar-refractivity contribution in [2.24, 2.45) is 0 Å². The van der Waals surface area contributed by atoms with E-state index in [0.29, 0.717) is 29.5 Å². The van der Waals surface area contributed by atoms with E-state index in [2.05, 4.69) is 15.5 Å². The van der Waals surface area contributed by atoms with E-state index in [1.54, 1.807) is 12.1 Å². The Labute approximate surface area is 158 Å². The normalized spacial score (nSPS) is 10.7. The Kier molecular flexibility index (Phi) is 6.57. The Morgan fingerprint density at radius 2 is 1.70 bits per heavy atom. The number of amides is 1. The van der Waals surface area contributed by atoms with Crippen LogP contribution in [0.1, 0.15) is 38.0 Å². The highest BCUT2D eigenvalue weighted by Crippen LogP contribution is 2.18. The number of aromatic nitrogens is 2. The Morgan fingerprint density at radius 1 is 0.963 bits per heavy atom. The van der Waals surface area contributed by atoms with Crippen molar-refractivity contribution in [2.75, 3.05) is 11.1 Å². The molecular formula is C21H24N4O2. The van der Waals surface area contributed by atoms with Crippen molar-refractivity contribution in [3.8, 4) is 11.4 Å². The summed E-state index contributed by atoms with van der Waals surface area (Å²) in [5.74, 6) is 1.28. The summed E-state index contributed by atoms with van der Waals surface area (Å²) in [4.78, 5) is 16.4. The highest BCUT2D eigenvalue weighted by molar-refractivity contribution is 5.93. The third-order valence-electron chi connectivity index (χ3n) is 4.28. The molecule has 6 nitrogen and oxygen atoms in total. The maximum atomic E-state index is 12.0. The van der Waals surface area contributed by atoms with E-state index in [9.17, 15) is 4.79 Å². The molecule has 3 rings (SSSR count). The molecule has 140 valence electrons. The molecule has 0 aliphatic carbocycles. The molecule has 0 unspecified atom stereocenters. The molecule has 0 saturated carbocycles. The predicted molar refractivity (Wildman–Crippen MR) is 106 cm³/mol. The van der Waals surface area contributed by atoms with E-state index in [1.807, 2.05) is 42.5 Å². The van der Waals surface area contributed by atoms with Crippen molar-refractivity contribution in [3.05, 3.63) is 60.5 Å². The summed E-state index contributed by atoms with van der Waals surface area (Å²) in [6.45, 7) is 0. The second-order valence-electron chi connectivity index (χ2n) is 6.43. The van der Waals surface area contributed by atoms with Crippen molar-refractivity contribution in [3.63, 3.8) is 0 Å². The van der Waals surface area contributed by atoms with Crippen LogP contribution in [0.25, 0.3) is 11.4 Å². The van der Waals surface area contributed by atoms with Crippen LogP contribution in [0.3, 0.4) is 0 Å². The van der Waals surface area contributed by atoms with Crippen LogP contribution in [0.15, 0.2) is 59.1 Å². The fourth-order valence-electron chi connectivity index (χ4n) is 2.80. The number of para-hydroxylation sites is 2. The van der Waals surface area contributed by atoms with Crippen LogP contribution in [0.2, 0.25) is 0 Å². The van der Waals surface area contributed by atoms with Crippen molar-refractivity contribution < 1.29 is 9.32 Å². The molecule has 1 aromatic heterocycles. The van der Waals surface area contributed by atoms with E-state index in [-0.39, 0.29) is 5.91 Å². The molecule has 0 radical (unpaired) electrons. The van der Waals surface area contributed by atoms with E-state index in [0.717, 1.165) is 37.7 Å². The van der Waals surface area contributed by atoms with E-state index >= 15 is 0 Å². The number of nitrogen functional groups attached to an aromatic ring is 1. The molecule has 0 aliphatic rings. The van der Waals surface area contributed by atoms with Crippen molar-refractivity contribution >= 4 is 17.3 Å². The lowest BCUT2D eigenvalue weighted by Crippen LogP contribution is -2.12. The molecule has 0 atom stereocenters. The standard InChI is InChI=1S/C21H24N4O2/c22-17-12-8-9-13-18(17)23-19(26)14-6-1-2-7-15-20-24-21(25-27-20)16-10-4-3-5-11-16/h3-5,8-13H,1-2,6-7,14-15,22H2,(H,23,26). The Morgan fingerprint density at radius 3 is 2.52 bits per heavy atom. The van der Waals surface area contributed by atoms with Crippen molar-refractivity contribution in [1.82, 2.24) is 10.1 Å². The van der Waals surface area contributed by atoms with Gasteiger partial charge in [-0.15, -0.1) is 0 Å². The van der Waals surface area contributed by atoms with Gasteiger partial charge in [0.05, 0.1) is 11.4 Å². The summed E-state index contributed by atoms with van der Waals surface area (Å²) in [7, 11) is 0. The molecule has 0 bridgehead atoms. The zero-order valence-corrected chi connectivity index (χ0v) is 15.2. The fourth-order valence-corrected chi connectivity index (χ4v) is 2.80. The molecular weight excluding hydrogens is 340 g/mol. The number of nitrogens with one attached hydrogen (secondary N) is 1. The van der Waals surface area contributed by atoms with Crippen molar-refractivity contribution in [1.29, 1.82) is 0 Å². The van der Waals surface area contributed by atoms with Gasteiger partial charge >= 0.3 is 0 Å². The van der Waals surface area contributed by atoms with Gasteiger partial charge in [-0.2, -0.15) is 4.98 Å². The maximum absolute atomic E-state index is 12.0. The summed E-state index contributed by atoms with van der Waals surface area (Å²) >= 11 is 0. The van der Waals surface area contributed by atoms with E-state index < -0.39 is 0 Å². The molecule has 6 heteroatoms. The Bertz CT molecular complexity index is 861. The van der Waals surface area contributed by atoms with Gasteiger partial charge in [-0.05, 0) is 25.0 Å². The van der Waals surface area contributed by atoms with Gasteiger partial charge in [-0.1, -0.05) is 60.5 Å². The van der Waals surface area contributed by atoms with Gasteiger partial charge in [0, 0.05) is 18.4 Å². The van der Waals surface area contributed by atoms with Crippen LogP contribution < -0.4 is 11.1 Å². The molecule has 3 N–H and O–H groups in total. The quantitative estimate of drug-likeness (QED) is 0.432. The molecule has 1 amide bonds. The van der Waals surface area contributed by atoms with Gasteiger partial charge in [0.2, 0.25) is 17.6 Å². The zero-order chi connectivity index (χ0) is 18.9. The summed E-state index contributed by atoms with van der Waals surface area (Å²) < 4.78 is 5.30. The van der Waals surface area contributed by atoms with Crippen LogP contribution in [-0.2, 0) is 11.2 Å². The smallest absolute Gasteiger partial charge is 0.226 e. The molecule has 2 aromatic carbocycles. The zero-order valence-electron chi connectivity index (χ0n) is 15.2. The number of carbonyl (C=O) groups is 1. The monoisotopic (exact) mass is 364 g/mol. The maximum Gasteiger partial charge on any atom is 0.226 e. The lowest BCUT2D eigenvalue weighted by molar-refractivity contribution is -0.116. The van der Waals surface area contributed by atoms with Crippen LogP contribution in [-0.4, -0.2) is 16.0 Å². The predicted octanol–water partition coefficient (Wildman–Crippen LogP) is 4.45. The van der Waals surface area contributed by atoms with Gasteiger partial charge in [0.25, 0.3) is 0 Å². The third kappa shape index (κ3) is 5.67.